The van der Waals surface area contributed by atoms with Crippen LogP contribution < -0.4 is 19.2 Å². The van der Waals surface area contributed by atoms with E-state index in [1.165, 1.54) is 16.2 Å². The Bertz CT molecular complexity index is 1750. The number of fused-ring (bicyclic) bond motifs is 9. The zero-order chi connectivity index (χ0) is 31.0. The third-order valence-electron chi connectivity index (χ3n) is 10.4. The number of carbonyl (C=O) groups is 3. The average molecular weight is 711 g/mol. The second kappa shape index (κ2) is 11.3. The Morgan fingerprint density at radius 3 is 2.44 bits per heavy atom. The lowest BCUT2D eigenvalue weighted by Gasteiger charge is -2.43. The number of imide groups is 1. The monoisotopic (exact) mass is 709 g/mol. The Morgan fingerprint density at radius 2 is 1.71 bits per heavy atom. The van der Waals surface area contributed by atoms with Crippen LogP contribution in [0.1, 0.15) is 42.0 Å². The zero-order valence-corrected chi connectivity index (χ0v) is 27.8. The smallest absolute Gasteiger partial charge is 0.305 e. The van der Waals surface area contributed by atoms with E-state index in [-0.39, 0.29) is 70.0 Å². The molecule has 0 unspecified atom stereocenters. The fourth-order valence-corrected chi connectivity index (χ4v) is 11.8. The molecule has 7 atom stereocenters. The molecule has 9 nitrogen and oxygen atoms in total. The van der Waals surface area contributed by atoms with Crippen molar-refractivity contribution in [2.24, 2.45) is 29.6 Å². The van der Waals surface area contributed by atoms with Crippen molar-refractivity contribution in [1.29, 1.82) is 0 Å². The highest BCUT2D eigenvalue weighted by Gasteiger charge is 2.69. The van der Waals surface area contributed by atoms with Crippen LogP contribution in [-0.2, 0) is 14.4 Å². The maximum absolute atomic E-state index is 14.0. The number of methoxy groups -OCH3 is 1. The number of aromatic amines is 1. The molecule has 1 N–H and O–H groups in total. The number of piperidine rings is 1. The SMILES string of the molecule is COc1cc([C@@H]2c3sc(=O)[nH]c3S[C@@H]3[C@@H]4C[C@@H]([C@@H]5C(=O)N(c6ccc(Br)cc6)C(=O)[C@@H]45)[C@H]23)ccc1OCC(=O)N1CCCCC1. The summed E-state index contributed by atoms with van der Waals surface area (Å²) in [6, 6.07) is 13.1. The maximum Gasteiger partial charge on any atom is 0.305 e. The van der Waals surface area contributed by atoms with E-state index < -0.39 is 0 Å². The molecule has 2 aromatic carbocycles. The van der Waals surface area contributed by atoms with E-state index in [4.69, 9.17) is 9.47 Å². The number of benzene rings is 2. The van der Waals surface area contributed by atoms with E-state index in [2.05, 4.69) is 20.9 Å². The number of thiazole rings is 1. The third kappa shape index (κ3) is 4.69. The van der Waals surface area contributed by atoms with Crippen molar-refractivity contribution in [2.75, 3.05) is 31.7 Å². The van der Waals surface area contributed by atoms with Crippen molar-refractivity contribution >= 4 is 62.4 Å². The summed E-state index contributed by atoms with van der Waals surface area (Å²) in [5.41, 5.74) is 1.58. The van der Waals surface area contributed by atoms with Gasteiger partial charge in [0.15, 0.2) is 18.1 Å². The van der Waals surface area contributed by atoms with Gasteiger partial charge in [-0.2, -0.15) is 0 Å². The molecule has 45 heavy (non-hydrogen) atoms. The van der Waals surface area contributed by atoms with Gasteiger partial charge in [-0.1, -0.05) is 33.3 Å². The summed E-state index contributed by atoms with van der Waals surface area (Å²) < 4.78 is 12.6. The van der Waals surface area contributed by atoms with Gasteiger partial charge < -0.3 is 19.4 Å². The number of ether oxygens (including phenoxy) is 2. The number of likely N-dealkylation sites (tertiary alicyclic amines) is 1. The van der Waals surface area contributed by atoms with Crippen molar-refractivity contribution in [3.8, 4) is 11.5 Å². The summed E-state index contributed by atoms with van der Waals surface area (Å²) in [6.45, 7) is 1.48. The molecule has 5 aliphatic rings. The van der Waals surface area contributed by atoms with Gasteiger partial charge in [0.1, 0.15) is 0 Å². The molecule has 0 spiro atoms. The molecule has 1 aromatic heterocycles. The molecule has 2 saturated heterocycles. The Hall–Kier alpha value is -3.09. The Balaban J connectivity index is 1.11. The molecule has 2 aliphatic carbocycles. The van der Waals surface area contributed by atoms with Gasteiger partial charge in [0, 0.05) is 33.6 Å². The van der Waals surface area contributed by atoms with E-state index in [1.54, 1.807) is 18.9 Å². The largest absolute Gasteiger partial charge is 0.493 e. The highest BCUT2D eigenvalue weighted by Crippen LogP contribution is 2.68. The number of rotatable bonds is 6. The van der Waals surface area contributed by atoms with Gasteiger partial charge in [-0.3, -0.25) is 24.1 Å². The van der Waals surface area contributed by atoms with E-state index >= 15 is 0 Å². The minimum atomic E-state index is -0.377. The Labute approximate surface area is 276 Å². The first kappa shape index (κ1) is 29.3. The van der Waals surface area contributed by atoms with Gasteiger partial charge in [0.2, 0.25) is 11.8 Å². The lowest BCUT2D eigenvalue weighted by Crippen LogP contribution is -2.42. The number of anilines is 1. The Morgan fingerprint density at radius 1 is 0.978 bits per heavy atom. The first-order valence-electron chi connectivity index (χ1n) is 15.5. The summed E-state index contributed by atoms with van der Waals surface area (Å²) in [5, 5.41) is 0.943. The fraction of sp³-hybridized carbons (Fsp3) is 0.455. The van der Waals surface area contributed by atoms with Crippen LogP contribution >= 0.6 is 39.0 Å². The van der Waals surface area contributed by atoms with Crippen molar-refractivity contribution in [2.45, 2.75) is 41.9 Å². The van der Waals surface area contributed by atoms with Crippen LogP contribution in [0.4, 0.5) is 5.69 Å². The first-order chi connectivity index (χ1) is 21.8. The highest BCUT2D eigenvalue weighted by molar-refractivity contribution is 9.10. The summed E-state index contributed by atoms with van der Waals surface area (Å²) in [4.78, 5) is 60.4. The number of hydrogen-bond donors (Lipinski definition) is 1. The summed E-state index contributed by atoms with van der Waals surface area (Å²) in [7, 11) is 1.58. The van der Waals surface area contributed by atoms with Gasteiger partial charge in [0.25, 0.3) is 5.91 Å². The second-order valence-corrected chi connectivity index (χ2v) is 15.7. The summed E-state index contributed by atoms with van der Waals surface area (Å²) in [5.74, 6) is 0.000501. The number of H-pyrrole nitrogens is 1. The highest BCUT2D eigenvalue weighted by atomic mass is 79.9. The van der Waals surface area contributed by atoms with Crippen molar-refractivity contribution in [3.63, 3.8) is 0 Å². The molecule has 234 valence electrons. The number of thioether (sulfide) groups is 1. The number of nitrogens with zero attached hydrogens (tertiary/aromatic N) is 2. The van der Waals surface area contributed by atoms with Crippen molar-refractivity contribution in [3.05, 3.63) is 67.0 Å². The van der Waals surface area contributed by atoms with Gasteiger partial charge in [-0.25, -0.2) is 0 Å². The van der Waals surface area contributed by atoms with Crippen LogP contribution in [0, 0.1) is 29.6 Å². The molecule has 3 amide bonds. The van der Waals surface area contributed by atoms with Crippen molar-refractivity contribution < 1.29 is 23.9 Å². The quantitative estimate of drug-likeness (QED) is 0.347. The average Bonchev–Trinajstić information content (AvgIpc) is 3.79. The molecule has 4 fully saturated rings. The fourth-order valence-electron chi connectivity index (χ4n) is 8.61. The van der Waals surface area contributed by atoms with Gasteiger partial charge in [-0.05, 0) is 85.4 Å². The normalized spacial score (nSPS) is 29.9. The lowest BCUT2D eigenvalue weighted by molar-refractivity contribution is -0.134. The van der Waals surface area contributed by atoms with E-state index in [1.807, 2.05) is 47.4 Å². The van der Waals surface area contributed by atoms with Crippen LogP contribution in [0.5, 0.6) is 11.5 Å². The molecular weight excluding hydrogens is 678 g/mol. The van der Waals surface area contributed by atoms with Crippen LogP contribution in [0.2, 0.25) is 0 Å². The minimum absolute atomic E-state index is 0.00818. The van der Waals surface area contributed by atoms with E-state index in [9.17, 15) is 19.2 Å². The van der Waals surface area contributed by atoms with Crippen LogP contribution in [0.15, 0.2) is 56.8 Å². The molecule has 3 aromatic rings. The molecule has 4 heterocycles. The molecule has 0 radical (unpaired) electrons. The number of carbonyl (C=O) groups excluding carboxylic acids is 3. The number of hydrogen-bond acceptors (Lipinski definition) is 8. The van der Waals surface area contributed by atoms with Crippen LogP contribution in [0.25, 0.3) is 0 Å². The molecule has 2 bridgehead atoms. The molecular formula is C33H32BrN3O6S2. The first-order valence-corrected chi connectivity index (χ1v) is 17.9. The van der Waals surface area contributed by atoms with E-state index in [0.29, 0.717) is 17.2 Å². The van der Waals surface area contributed by atoms with Crippen LogP contribution in [-0.4, -0.2) is 59.7 Å². The topological polar surface area (TPSA) is 109 Å². The predicted octanol–water partition coefficient (Wildman–Crippen LogP) is 5.28. The van der Waals surface area contributed by atoms with Crippen LogP contribution in [0.3, 0.4) is 0 Å². The molecule has 3 aliphatic heterocycles. The third-order valence-corrected chi connectivity index (χ3v) is 13.5. The number of aromatic nitrogens is 1. The molecule has 2 saturated carbocycles. The standard InChI is InChI=1S/C33H32BrN3O6S2/c1-42-22-13-16(5-10-21(22)43-15-23(38)36-11-3-2-4-12-36)24-25-19-14-20(28(25)44-30-29(24)45-33(41)35-30)27-26(19)31(39)37(32(27)40)18-8-6-17(34)7-9-18/h5-10,13,19-20,24-28H,2-4,11-12,14-15H2,1H3,(H,35,41)/t19-,20-,24+,25-,26+,27+,28-/m1/s1. The second-order valence-electron chi connectivity index (χ2n) is 12.6. The van der Waals surface area contributed by atoms with E-state index in [0.717, 1.165) is 58.7 Å². The zero-order valence-electron chi connectivity index (χ0n) is 24.6. The minimum Gasteiger partial charge on any atom is -0.493 e. The maximum atomic E-state index is 14.0. The molecule has 12 heteroatoms. The summed E-state index contributed by atoms with van der Waals surface area (Å²) >= 11 is 6.33. The van der Waals surface area contributed by atoms with Gasteiger partial charge in [0.05, 0.1) is 29.7 Å². The number of halogens is 1. The summed E-state index contributed by atoms with van der Waals surface area (Å²) in [6.07, 6.45) is 4.00. The van der Waals surface area contributed by atoms with Crippen molar-refractivity contribution in [1.82, 2.24) is 9.88 Å². The number of amides is 3. The predicted molar refractivity (Wildman–Crippen MR) is 174 cm³/mol. The van der Waals surface area contributed by atoms with Gasteiger partial charge in [-0.15, -0.1) is 11.8 Å². The Kier molecular flexibility index (Phi) is 7.37. The molecule has 8 rings (SSSR count). The number of nitrogens with one attached hydrogen (secondary N) is 1. The lowest BCUT2D eigenvalue weighted by atomic mass is 9.68. The van der Waals surface area contributed by atoms with Gasteiger partial charge >= 0.3 is 4.87 Å².